The predicted molar refractivity (Wildman–Crippen MR) is 75.3 cm³/mol. The van der Waals surface area contributed by atoms with E-state index in [-0.39, 0.29) is 0 Å². The van der Waals surface area contributed by atoms with E-state index in [1.54, 1.807) is 0 Å². The van der Waals surface area contributed by atoms with Crippen molar-refractivity contribution in [3.63, 3.8) is 0 Å². The second-order valence-electron chi connectivity index (χ2n) is 5.59. The lowest BCUT2D eigenvalue weighted by Gasteiger charge is -2.17. The highest BCUT2D eigenvalue weighted by Gasteiger charge is 2.23. The van der Waals surface area contributed by atoms with Crippen molar-refractivity contribution in [2.24, 2.45) is 11.8 Å². The third-order valence-electron chi connectivity index (χ3n) is 3.89. The first-order valence-corrected chi connectivity index (χ1v) is 7.08. The van der Waals surface area contributed by atoms with Gasteiger partial charge in [-0.2, -0.15) is 0 Å². The van der Waals surface area contributed by atoms with Crippen LogP contribution in [0.4, 0.5) is 0 Å². The Morgan fingerprint density at radius 1 is 1.44 bits per heavy atom. The van der Waals surface area contributed by atoms with Crippen molar-refractivity contribution in [3.8, 4) is 0 Å². The van der Waals surface area contributed by atoms with Gasteiger partial charge in [-0.05, 0) is 36.9 Å². The molecule has 0 aliphatic carbocycles. The summed E-state index contributed by atoms with van der Waals surface area (Å²) in [5, 5.41) is 3.47. The van der Waals surface area contributed by atoms with Crippen molar-refractivity contribution in [2.45, 2.75) is 26.8 Å². The second kappa shape index (κ2) is 6.86. The summed E-state index contributed by atoms with van der Waals surface area (Å²) in [6.45, 7) is 10.3. The Hall–Kier alpha value is -0.930. The van der Waals surface area contributed by atoms with E-state index in [4.69, 9.17) is 0 Å². The largest absolute Gasteiger partial charge is 0.310 e. The summed E-state index contributed by atoms with van der Waals surface area (Å²) in [6, 6.07) is 6.06. The Bertz CT molecular complexity index is 337. The summed E-state index contributed by atoms with van der Waals surface area (Å²) in [4.78, 5) is 6.89. The molecule has 2 rings (SSSR count). The van der Waals surface area contributed by atoms with Crippen LogP contribution in [0.5, 0.6) is 0 Å². The predicted octanol–water partition coefficient (Wildman–Crippen LogP) is 2.15. The molecule has 1 fully saturated rings. The standard InChI is InChI=1S/C15H25N3/c1-13(2)14-6-9-18(12-14)10-8-16-11-15-5-3-4-7-17-15/h3-5,7,13-14,16H,6,8-12H2,1-2H3. The van der Waals surface area contributed by atoms with E-state index >= 15 is 0 Å². The number of pyridine rings is 1. The number of nitrogens with zero attached hydrogens (tertiary/aromatic N) is 2. The lowest BCUT2D eigenvalue weighted by molar-refractivity contribution is 0.302. The van der Waals surface area contributed by atoms with Gasteiger partial charge in [-0.15, -0.1) is 0 Å². The monoisotopic (exact) mass is 247 g/mol. The van der Waals surface area contributed by atoms with Crippen molar-refractivity contribution < 1.29 is 0 Å². The van der Waals surface area contributed by atoms with Crippen LogP contribution in [-0.4, -0.2) is 36.1 Å². The normalized spacial score (nSPS) is 20.7. The zero-order chi connectivity index (χ0) is 12.8. The van der Waals surface area contributed by atoms with Crippen LogP contribution in [-0.2, 0) is 6.54 Å². The van der Waals surface area contributed by atoms with Crippen LogP contribution in [0, 0.1) is 11.8 Å². The molecule has 1 aliphatic rings. The topological polar surface area (TPSA) is 28.2 Å². The van der Waals surface area contributed by atoms with Gasteiger partial charge in [0.2, 0.25) is 0 Å². The SMILES string of the molecule is CC(C)C1CCN(CCNCc2ccccn2)C1. The number of aromatic nitrogens is 1. The fourth-order valence-electron chi connectivity index (χ4n) is 2.57. The maximum absolute atomic E-state index is 4.31. The van der Waals surface area contributed by atoms with Gasteiger partial charge in [0.1, 0.15) is 0 Å². The molecule has 0 aromatic carbocycles. The molecule has 2 heterocycles. The third-order valence-corrected chi connectivity index (χ3v) is 3.89. The first-order chi connectivity index (χ1) is 8.75. The van der Waals surface area contributed by atoms with Crippen LogP contribution < -0.4 is 5.32 Å². The molecule has 18 heavy (non-hydrogen) atoms. The molecule has 1 aliphatic heterocycles. The van der Waals surface area contributed by atoms with Crippen molar-refractivity contribution in [1.82, 2.24) is 15.2 Å². The smallest absolute Gasteiger partial charge is 0.0541 e. The van der Waals surface area contributed by atoms with Crippen molar-refractivity contribution in [2.75, 3.05) is 26.2 Å². The second-order valence-corrected chi connectivity index (χ2v) is 5.59. The highest BCUT2D eigenvalue weighted by molar-refractivity contribution is 5.02. The fraction of sp³-hybridized carbons (Fsp3) is 0.667. The summed E-state index contributed by atoms with van der Waals surface area (Å²) >= 11 is 0. The Morgan fingerprint density at radius 3 is 3.00 bits per heavy atom. The summed E-state index contributed by atoms with van der Waals surface area (Å²) in [5.74, 6) is 1.73. The van der Waals surface area contributed by atoms with E-state index in [1.165, 1.54) is 19.5 Å². The molecule has 1 unspecified atom stereocenters. The van der Waals surface area contributed by atoms with Crippen LogP contribution in [0.25, 0.3) is 0 Å². The van der Waals surface area contributed by atoms with Gasteiger partial charge < -0.3 is 10.2 Å². The van der Waals surface area contributed by atoms with Crippen LogP contribution in [0.15, 0.2) is 24.4 Å². The molecule has 0 amide bonds. The first kappa shape index (κ1) is 13.5. The van der Waals surface area contributed by atoms with Gasteiger partial charge in [-0.3, -0.25) is 4.98 Å². The Labute approximate surface area is 111 Å². The average Bonchev–Trinajstić information content (AvgIpc) is 2.85. The van der Waals surface area contributed by atoms with Gasteiger partial charge in [0, 0.05) is 32.4 Å². The zero-order valence-corrected chi connectivity index (χ0v) is 11.6. The molecule has 100 valence electrons. The molecule has 3 nitrogen and oxygen atoms in total. The molecule has 0 radical (unpaired) electrons. The van der Waals surface area contributed by atoms with Gasteiger partial charge >= 0.3 is 0 Å². The fourth-order valence-corrected chi connectivity index (χ4v) is 2.57. The molecule has 1 N–H and O–H groups in total. The summed E-state index contributed by atoms with van der Waals surface area (Å²) in [6.07, 6.45) is 3.22. The quantitative estimate of drug-likeness (QED) is 0.781. The molecule has 1 aromatic rings. The van der Waals surface area contributed by atoms with E-state index in [9.17, 15) is 0 Å². The van der Waals surface area contributed by atoms with Gasteiger partial charge in [-0.25, -0.2) is 0 Å². The van der Waals surface area contributed by atoms with Gasteiger partial charge in [0.15, 0.2) is 0 Å². The van der Waals surface area contributed by atoms with Crippen LogP contribution in [0.2, 0.25) is 0 Å². The Balaban J connectivity index is 1.59. The van der Waals surface area contributed by atoms with Crippen molar-refractivity contribution >= 4 is 0 Å². The maximum Gasteiger partial charge on any atom is 0.0541 e. The Kier molecular flexibility index (Phi) is 5.14. The molecule has 3 heteroatoms. The van der Waals surface area contributed by atoms with Crippen LogP contribution in [0.1, 0.15) is 26.0 Å². The minimum atomic E-state index is 0.830. The highest BCUT2D eigenvalue weighted by atomic mass is 15.2. The summed E-state index contributed by atoms with van der Waals surface area (Å²) in [7, 11) is 0. The first-order valence-electron chi connectivity index (χ1n) is 7.08. The number of nitrogens with one attached hydrogen (secondary N) is 1. The number of hydrogen-bond donors (Lipinski definition) is 1. The van der Waals surface area contributed by atoms with E-state index in [0.717, 1.165) is 37.2 Å². The van der Waals surface area contributed by atoms with Gasteiger partial charge in [-0.1, -0.05) is 19.9 Å². The third kappa shape index (κ3) is 4.07. The van der Waals surface area contributed by atoms with E-state index in [2.05, 4.69) is 35.1 Å². The number of rotatable bonds is 6. The highest BCUT2D eigenvalue weighted by Crippen LogP contribution is 2.22. The molecule has 1 saturated heterocycles. The minimum Gasteiger partial charge on any atom is -0.310 e. The molecule has 1 aromatic heterocycles. The van der Waals surface area contributed by atoms with E-state index < -0.39 is 0 Å². The summed E-state index contributed by atoms with van der Waals surface area (Å²) in [5.41, 5.74) is 1.12. The molecular formula is C15H25N3. The zero-order valence-electron chi connectivity index (χ0n) is 11.6. The van der Waals surface area contributed by atoms with Crippen LogP contribution in [0.3, 0.4) is 0 Å². The van der Waals surface area contributed by atoms with Gasteiger partial charge in [0.05, 0.1) is 5.69 Å². The number of hydrogen-bond acceptors (Lipinski definition) is 3. The van der Waals surface area contributed by atoms with E-state index in [0.29, 0.717) is 0 Å². The van der Waals surface area contributed by atoms with Gasteiger partial charge in [0.25, 0.3) is 0 Å². The average molecular weight is 247 g/mol. The summed E-state index contributed by atoms with van der Waals surface area (Å²) < 4.78 is 0. The van der Waals surface area contributed by atoms with Crippen molar-refractivity contribution in [1.29, 1.82) is 0 Å². The lowest BCUT2D eigenvalue weighted by Crippen LogP contribution is -2.31. The molecule has 0 spiro atoms. The van der Waals surface area contributed by atoms with E-state index in [1.807, 2.05) is 18.3 Å². The lowest BCUT2D eigenvalue weighted by atomic mass is 9.95. The molecule has 0 saturated carbocycles. The number of likely N-dealkylation sites (tertiary alicyclic amines) is 1. The maximum atomic E-state index is 4.31. The Morgan fingerprint density at radius 2 is 2.33 bits per heavy atom. The molecular weight excluding hydrogens is 222 g/mol. The van der Waals surface area contributed by atoms with Crippen molar-refractivity contribution in [3.05, 3.63) is 30.1 Å². The molecule has 0 bridgehead atoms. The minimum absolute atomic E-state index is 0.830. The van der Waals surface area contributed by atoms with Crippen LogP contribution >= 0.6 is 0 Å². The molecule has 1 atom stereocenters.